The van der Waals surface area contributed by atoms with Gasteiger partial charge in [-0.3, -0.25) is 0 Å². The molecule has 0 saturated carbocycles. The molecule has 0 amide bonds. The van der Waals surface area contributed by atoms with E-state index in [1.165, 1.54) is 11.1 Å². The fraction of sp³-hybridized carbons (Fsp3) is 0.467. The SMILES string of the molecule is C/C(=C\N1CC(C)OC(C)C1)c1cccc(Br)c1. The second-order valence-corrected chi connectivity index (χ2v) is 5.95. The fourth-order valence-electron chi connectivity index (χ4n) is 2.41. The standard InChI is InChI=1S/C15H20BrNO/c1-11(14-5-4-6-15(16)7-14)8-17-9-12(2)18-13(3)10-17/h4-8,12-13H,9-10H2,1-3H3/b11-8+. The summed E-state index contributed by atoms with van der Waals surface area (Å²) in [5.74, 6) is 0. The van der Waals surface area contributed by atoms with Crippen LogP contribution in [0.4, 0.5) is 0 Å². The lowest BCUT2D eigenvalue weighted by molar-refractivity contribution is -0.0539. The molecule has 0 aliphatic carbocycles. The van der Waals surface area contributed by atoms with E-state index < -0.39 is 0 Å². The molecule has 1 aliphatic heterocycles. The highest BCUT2D eigenvalue weighted by atomic mass is 79.9. The molecule has 2 nitrogen and oxygen atoms in total. The summed E-state index contributed by atoms with van der Waals surface area (Å²) in [5, 5.41) is 0. The number of ether oxygens (including phenoxy) is 1. The van der Waals surface area contributed by atoms with E-state index in [9.17, 15) is 0 Å². The van der Waals surface area contributed by atoms with Gasteiger partial charge in [-0.15, -0.1) is 0 Å². The highest BCUT2D eigenvalue weighted by Gasteiger charge is 2.20. The van der Waals surface area contributed by atoms with Gasteiger partial charge in [0.15, 0.2) is 0 Å². The highest BCUT2D eigenvalue weighted by molar-refractivity contribution is 9.10. The van der Waals surface area contributed by atoms with Crippen LogP contribution in [0, 0.1) is 0 Å². The molecule has 1 saturated heterocycles. The van der Waals surface area contributed by atoms with Crippen LogP contribution in [0.15, 0.2) is 34.9 Å². The highest BCUT2D eigenvalue weighted by Crippen LogP contribution is 2.20. The van der Waals surface area contributed by atoms with Crippen molar-refractivity contribution in [3.8, 4) is 0 Å². The van der Waals surface area contributed by atoms with Crippen molar-refractivity contribution in [3.63, 3.8) is 0 Å². The lowest BCUT2D eigenvalue weighted by atomic mass is 10.1. The third kappa shape index (κ3) is 3.59. The van der Waals surface area contributed by atoms with Crippen LogP contribution in [0.1, 0.15) is 26.3 Å². The smallest absolute Gasteiger partial charge is 0.0726 e. The summed E-state index contributed by atoms with van der Waals surface area (Å²) in [6.07, 6.45) is 2.86. The zero-order valence-corrected chi connectivity index (χ0v) is 12.8. The molecule has 2 unspecified atom stereocenters. The molecule has 2 atom stereocenters. The van der Waals surface area contributed by atoms with Crippen LogP contribution < -0.4 is 0 Å². The zero-order valence-electron chi connectivity index (χ0n) is 11.2. The van der Waals surface area contributed by atoms with Gasteiger partial charge in [0, 0.05) is 23.8 Å². The predicted molar refractivity (Wildman–Crippen MR) is 79.4 cm³/mol. The molecule has 0 spiro atoms. The van der Waals surface area contributed by atoms with Crippen molar-refractivity contribution in [3.05, 3.63) is 40.5 Å². The molecule has 0 bridgehead atoms. The summed E-state index contributed by atoms with van der Waals surface area (Å²) < 4.78 is 6.87. The Balaban J connectivity index is 2.12. The molecule has 98 valence electrons. The Morgan fingerprint density at radius 1 is 1.33 bits per heavy atom. The van der Waals surface area contributed by atoms with E-state index in [0.29, 0.717) is 12.2 Å². The second-order valence-electron chi connectivity index (χ2n) is 5.03. The number of hydrogen-bond donors (Lipinski definition) is 0. The summed E-state index contributed by atoms with van der Waals surface area (Å²) >= 11 is 3.51. The van der Waals surface area contributed by atoms with Crippen LogP contribution >= 0.6 is 15.9 Å². The number of benzene rings is 1. The normalized spacial score (nSPS) is 25.3. The van der Waals surface area contributed by atoms with Gasteiger partial charge in [-0.1, -0.05) is 28.1 Å². The number of morpholine rings is 1. The predicted octanol–water partition coefficient (Wildman–Crippen LogP) is 3.92. The number of rotatable bonds is 2. The van der Waals surface area contributed by atoms with E-state index >= 15 is 0 Å². The van der Waals surface area contributed by atoms with Gasteiger partial charge in [-0.2, -0.15) is 0 Å². The van der Waals surface area contributed by atoms with Crippen LogP contribution in [0.3, 0.4) is 0 Å². The van der Waals surface area contributed by atoms with Gasteiger partial charge in [0.1, 0.15) is 0 Å². The van der Waals surface area contributed by atoms with Crippen molar-refractivity contribution in [2.24, 2.45) is 0 Å². The first-order valence-corrected chi connectivity index (χ1v) is 7.18. The molecule has 0 N–H and O–H groups in total. The minimum atomic E-state index is 0.306. The Hall–Kier alpha value is -0.800. The minimum absolute atomic E-state index is 0.306. The van der Waals surface area contributed by atoms with Gasteiger partial charge in [0.25, 0.3) is 0 Å². The Morgan fingerprint density at radius 2 is 2.00 bits per heavy atom. The number of hydrogen-bond acceptors (Lipinski definition) is 2. The molecule has 2 rings (SSSR count). The third-order valence-electron chi connectivity index (χ3n) is 3.10. The van der Waals surface area contributed by atoms with E-state index in [1.807, 2.05) is 0 Å². The molecular formula is C15H20BrNO. The molecule has 1 aliphatic rings. The average molecular weight is 310 g/mol. The molecule has 0 radical (unpaired) electrons. The van der Waals surface area contributed by atoms with E-state index in [4.69, 9.17) is 4.74 Å². The van der Waals surface area contributed by atoms with E-state index in [0.717, 1.165) is 17.6 Å². The molecule has 18 heavy (non-hydrogen) atoms. The average Bonchev–Trinajstić information content (AvgIpc) is 2.27. The van der Waals surface area contributed by atoms with E-state index in [2.05, 4.69) is 72.1 Å². The first-order valence-electron chi connectivity index (χ1n) is 6.38. The summed E-state index contributed by atoms with van der Waals surface area (Å²) in [4.78, 5) is 2.36. The molecule has 1 heterocycles. The molecule has 3 heteroatoms. The third-order valence-corrected chi connectivity index (χ3v) is 3.60. The molecule has 1 aromatic rings. The van der Waals surface area contributed by atoms with Gasteiger partial charge in [0.05, 0.1) is 12.2 Å². The Labute approximate surface area is 118 Å². The van der Waals surface area contributed by atoms with Crippen molar-refractivity contribution >= 4 is 21.5 Å². The lowest BCUT2D eigenvalue weighted by Gasteiger charge is -2.35. The van der Waals surface area contributed by atoms with Crippen molar-refractivity contribution in [1.82, 2.24) is 4.90 Å². The molecule has 1 fully saturated rings. The maximum absolute atomic E-state index is 5.74. The summed E-state index contributed by atoms with van der Waals surface area (Å²) in [6.45, 7) is 8.35. The summed E-state index contributed by atoms with van der Waals surface area (Å²) in [5.41, 5.74) is 2.55. The van der Waals surface area contributed by atoms with Crippen molar-refractivity contribution < 1.29 is 4.74 Å². The van der Waals surface area contributed by atoms with Crippen LogP contribution in [0.2, 0.25) is 0 Å². The van der Waals surface area contributed by atoms with Gasteiger partial charge in [0.2, 0.25) is 0 Å². The summed E-state index contributed by atoms with van der Waals surface area (Å²) in [7, 11) is 0. The minimum Gasteiger partial charge on any atom is -0.372 e. The monoisotopic (exact) mass is 309 g/mol. The van der Waals surface area contributed by atoms with Crippen molar-refractivity contribution in [2.75, 3.05) is 13.1 Å². The van der Waals surface area contributed by atoms with E-state index in [-0.39, 0.29) is 0 Å². The Bertz CT molecular complexity index is 434. The summed E-state index contributed by atoms with van der Waals surface area (Å²) in [6, 6.07) is 8.42. The topological polar surface area (TPSA) is 12.5 Å². The Morgan fingerprint density at radius 3 is 2.61 bits per heavy atom. The quantitative estimate of drug-likeness (QED) is 0.821. The maximum atomic E-state index is 5.74. The molecule has 0 aromatic heterocycles. The van der Waals surface area contributed by atoms with Crippen molar-refractivity contribution in [2.45, 2.75) is 33.0 Å². The van der Waals surface area contributed by atoms with Gasteiger partial charge < -0.3 is 9.64 Å². The van der Waals surface area contributed by atoms with Gasteiger partial charge >= 0.3 is 0 Å². The maximum Gasteiger partial charge on any atom is 0.0726 e. The fourth-order valence-corrected chi connectivity index (χ4v) is 2.80. The lowest BCUT2D eigenvalue weighted by Crippen LogP contribution is -2.42. The van der Waals surface area contributed by atoms with Gasteiger partial charge in [-0.05, 0) is 44.0 Å². The van der Waals surface area contributed by atoms with Crippen LogP contribution in [-0.4, -0.2) is 30.2 Å². The molecular weight excluding hydrogens is 290 g/mol. The second kappa shape index (κ2) is 5.89. The number of halogens is 1. The van der Waals surface area contributed by atoms with Crippen LogP contribution in [0.25, 0.3) is 5.57 Å². The van der Waals surface area contributed by atoms with Gasteiger partial charge in [-0.25, -0.2) is 0 Å². The number of allylic oxidation sites excluding steroid dienone is 1. The first kappa shape index (κ1) is 13.6. The number of nitrogens with zero attached hydrogens (tertiary/aromatic N) is 1. The van der Waals surface area contributed by atoms with Crippen LogP contribution in [-0.2, 0) is 4.74 Å². The van der Waals surface area contributed by atoms with E-state index in [1.54, 1.807) is 0 Å². The van der Waals surface area contributed by atoms with Crippen LogP contribution in [0.5, 0.6) is 0 Å². The zero-order chi connectivity index (χ0) is 13.1. The van der Waals surface area contributed by atoms with Crippen molar-refractivity contribution in [1.29, 1.82) is 0 Å². The Kier molecular flexibility index (Phi) is 4.46. The molecule has 1 aromatic carbocycles. The first-order chi connectivity index (χ1) is 8.54. The largest absolute Gasteiger partial charge is 0.372 e.